The standard InChI is InChI=1S/C17H21N3O6/c1-10-14(19-20-18)15(23,9-13-7-5-4-6-8-13)16(24,11(2)21)17(25,26-10)12(3)22/h4-8,10,14,23-25H,9H2,1-3H3/t10-,14-,15+,16+,17+/m1/s1. The van der Waals surface area contributed by atoms with Gasteiger partial charge in [-0.15, -0.1) is 0 Å². The van der Waals surface area contributed by atoms with Crippen molar-refractivity contribution in [2.75, 3.05) is 0 Å². The van der Waals surface area contributed by atoms with Gasteiger partial charge >= 0.3 is 0 Å². The molecule has 2 rings (SSSR count). The fourth-order valence-electron chi connectivity index (χ4n) is 3.58. The minimum Gasteiger partial charge on any atom is -0.385 e. The molecular formula is C17H21N3O6. The summed E-state index contributed by atoms with van der Waals surface area (Å²) in [4.78, 5) is 27.1. The third-order valence-corrected chi connectivity index (χ3v) is 4.89. The van der Waals surface area contributed by atoms with Crippen molar-refractivity contribution in [2.45, 2.75) is 56.3 Å². The van der Waals surface area contributed by atoms with Gasteiger partial charge < -0.3 is 20.1 Å². The maximum atomic E-state index is 12.4. The largest absolute Gasteiger partial charge is 0.385 e. The first kappa shape index (κ1) is 20.0. The van der Waals surface area contributed by atoms with Crippen molar-refractivity contribution in [3.05, 3.63) is 46.3 Å². The molecule has 5 atom stereocenters. The van der Waals surface area contributed by atoms with E-state index in [9.17, 15) is 24.9 Å². The van der Waals surface area contributed by atoms with Crippen LogP contribution in [0.1, 0.15) is 26.3 Å². The van der Waals surface area contributed by atoms with Crippen molar-refractivity contribution < 1.29 is 29.6 Å². The summed E-state index contributed by atoms with van der Waals surface area (Å²) in [6.07, 6.45) is -1.52. The van der Waals surface area contributed by atoms with Crippen LogP contribution >= 0.6 is 0 Å². The molecule has 1 heterocycles. The number of ketones is 2. The summed E-state index contributed by atoms with van der Waals surface area (Å²) in [6, 6.07) is 6.88. The van der Waals surface area contributed by atoms with Crippen molar-refractivity contribution in [3.63, 3.8) is 0 Å². The predicted octanol–water partition coefficient (Wildman–Crippen LogP) is 0.655. The summed E-state index contributed by atoms with van der Waals surface area (Å²) >= 11 is 0. The van der Waals surface area contributed by atoms with Gasteiger partial charge in [-0.25, -0.2) is 0 Å². The maximum absolute atomic E-state index is 12.4. The van der Waals surface area contributed by atoms with Gasteiger partial charge in [-0.05, 0) is 24.9 Å². The number of aliphatic hydroxyl groups is 3. The number of benzene rings is 1. The summed E-state index contributed by atoms with van der Waals surface area (Å²) in [6.45, 7) is 3.21. The molecule has 140 valence electrons. The minimum atomic E-state index is -3.05. The van der Waals surface area contributed by atoms with Gasteiger partial charge in [0.25, 0.3) is 5.79 Å². The lowest BCUT2D eigenvalue weighted by molar-refractivity contribution is -0.358. The van der Waals surface area contributed by atoms with Gasteiger partial charge in [0, 0.05) is 18.3 Å². The highest BCUT2D eigenvalue weighted by atomic mass is 16.7. The second-order valence-corrected chi connectivity index (χ2v) is 6.53. The van der Waals surface area contributed by atoms with Gasteiger partial charge in [0.05, 0.1) is 12.1 Å². The first-order chi connectivity index (χ1) is 12.0. The SMILES string of the molecule is CC(=O)[C@@]1(O)[C@](O)(C(C)=O)O[C@H](C)[C@@H](N=[N+]=[N-])[C@@]1(O)Cc1ccccc1. The van der Waals surface area contributed by atoms with Crippen LogP contribution in [0.5, 0.6) is 0 Å². The maximum Gasteiger partial charge on any atom is 0.266 e. The van der Waals surface area contributed by atoms with Crippen LogP contribution in [0.4, 0.5) is 0 Å². The molecule has 1 aromatic carbocycles. The fraction of sp³-hybridized carbons (Fsp3) is 0.529. The number of rotatable bonds is 5. The average molecular weight is 363 g/mol. The van der Waals surface area contributed by atoms with E-state index in [1.807, 2.05) is 0 Å². The molecule has 0 aliphatic carbocycles. The minimum absolute atomic E-state index is 0.364. The Balaban J connectivity index is 2.77. The first-order valence-corrected chi connectivity index (χ1v) is 7.99. The Bertz CT molecular complexity index is 765. The number of Topliss-reactive ketones (excluding diaryl/α,β-unsaturated/α-hetero) is 2. The molecule has 9 nitrogen and oxygen atoms in total. The summed E-state index contributed by atoms with van der Waals surface area (Å²) < 4.78 is 5.22. The van der Waals surface area contributed by atoms with Gasteiger partial charge in [0.2, 0.25) is 5.60 Å². The topological polar surface area (TPSA) is 153 Å². The van der Waals surface area contributed by atoms with E-state index >= 15 is 0 Å². The molecular weight excluding hydrogens is 342 g/mol. The molecule has 1 aliphatic heterocycles. The first-order valence-electron chi connectivity index (χ1n) is 7.99. The van der Waals surface area contributed by atoms with Gasteiger partial charge in [-0.3, -0.25) is 9.59 Å². The highest BCUT2D eigenvalue weighted by molar-refractivity contribution is 5.97. The van der Waals surface area contributed by atoms with E-state index in [4.69, 9.17) is 10.3 Å². The fourth-order valence-corrected chi connectivity index (χ4v) is 3.58. The van der Waals surface area contributed by atoms with Gasteiger partial charge in [-0.1, -0.05) is 35.4 Å². The highest BCUT2D eigenvalue weighted by Gasteiger charge is 2.74. The number of azide groups is 1. The number of carbonyl (C=O) groups is 2. The zero-order chi connectivity index (χ0) is 19.8. The van der Waals surface area contributed by atoms with Crippen molar-refractivity contribution in [2.24, 2.45) is 5.11 Å². The average Bonchev–Trinajstić information content (AvgIpc) is 2.57. The summed E-state index contributed by atoms with van der Waals surface area (Å²) in [5.74, 6) is -5.16. The lowest BCUT2D eigenvalue weighted by Gasteiger charge is -2.57. The molecule has 1 aromatic rings. The van der Waals surface area contributed by atoms with Crippen LogP contribution in [-0.2, 0) is 20.7 Å². The van der Waals surface area contributed by atoms with Crippen molar-refractivity contribution in [3.8, 4) is 0 Å². The molecule has 9 heteroatoms. The van der Waals surface area contributed by atoms with E-state index in [-0.39, 0.29) is 6.42 Å². The Hall–Kier alpha value is -2.29. The molecule has 0 bridgehead atoms. The third kappa shape index (κ3) is 2.70. The monoisotopic (exact) mass is 363 g/mol. The molecule has 1 fully saturated rings. The van der Waals surface area contributed by atoms with Gasteiger partial charge in [-0.2, -0.15) is 0 Å². The van der Waals surface area contributed by atoms with E-state index in [0.29, 0.717) is 5.56 Å². The highest BCUT2D eigenvalue weighted by Crippen LogP contribution is 2.47. The number of carbonyl (C=O) groups excluding carboxylic acids is 2. The second kappa shape index (κ2) is 6.79. The van der Waals surface area contributed by atoms with E-state index in [1.54, 1.807) is 30.3 Å². The summed E-state index contributed by atoms with van der Waals surface area (Å²) in [5.41, 5.74) is 3.83. The lowest BCUT2D eigenvalue weighted by Crippen LogP contribution is -2.83. The van der Waals surface area contributed by atoms with Crippen LogP contribution in [0, 0.1) is 0 Å². The molecule has 0 spiro atoms. The van der Waals surface area contributed by atoms with Crippen molar-refractivity contribution in [1.82, 2.24) is 0 Å². The van der Waals surface area contributed by atoms with Crippen molar-refractivity contribution in [1.29, 1.82) is 0 Å². The quantitative estimate of drug-likeness (QED) is 0.397. The van der Waals surface area contributed by atoms with Crippen LogP contribution in [0.25, 0.3) is 10.4 Å². The normalized spacial score (nSPS) is 36.8. The van der Waals surface area contributed by atoms with E-state index < -0.39 is 40.7 Å². The Labute approximate surface area is 149 Å². The van der Waals surface area contributed by atoms with Crippen molar-refractivity contribution >= 4 is 11.6 Å². The molecule has 1 saturated heterocycles. The number of hydrogen-bond acceptors (Lipinski definition) is 7. The molecule has 0 saturated carbocycles. The zero-order valence-corrected chi connectivity index (χ0v) is 14.7. The number of nitrogens with zero attached hydrogens (tertiary/aromatic N) is 3. The van der Waals surface area contributed by atoms with Crippen LogP contribution in [0.2, 0.25) is 0 Å². The molecule has 3 N–H and O–H groups in total. The Morgan fingerprint density at radius 1 is 1.19 bits per heavy atom. The second-order valence-electron chi connectivity index (χ2n) is 6.53. The van der Waals surface area contributed by atoms with Gasteiger partial charge in [0.15, 0.2) is 11.6 Å². The smallest absolute Gasteiger partial charge is 0.266 e. The summed E-state index contributed by atoms with van der Waals surface area (Å²) in [7, 11) is 0. The molecule has 0 unspecified atom stereocenters. The molecule has 0 aromatic heterocycles. The van der Waals surface area contributed by atoms with Gasteiger partial charge in [0.1, 0.15) is 5.60 Å². The third-order valence-electron chi connectivity index (χ3n) is 4.89. The zero-order valence-electron chi connectivity index (χ0n) is 14.7. The number of hydrogen-bond donors (Lipinski definition) is 3. The molecule has 1 aliphatic rings. The number of ether oxygens (including phenoxy) is 1. The van der Waals surface area contributed by atoms with Crippen LogP contribution in [0.15, 0.2) is 35.4 Å². The lowest BCUT2D eigenvalue weighted by atomic mass is 9.63. The Morgan fingerprint density at radius 3 is 2.23 bits per heavy atom. The molecule has 0 radical (unpaired) electrons. The molecule has 0 amide bonds. The van der Waals surface area contributed by atoms with E-state index in [2.05, 4.69) is 10.0 Å². The predicted molar refractivity (Wildman–Crippen MR) is 89.8 cm³/mol. The molecule has 26 heavy (non-hydrogen) atoms. The van der Waals surface area contributed by atoms with Crippen LogP contribution in [0.3, 0.4) is 0 Å². The Kier molecular flexibility index (Phi) is 5.23. The van der Waals surface area contributed by atoms with Crippen LogP contribution < -0.4 is 0 Å². The van der Waals surface area contributed by atoms with E-state index in [1.165, 1.54) is 6.92 Å². The Morgan fingerprint density at radius 2 is 1.77 bits per heavy atom. The van der Waals surface area contributed by atoms with E-state index in [0.717, 1.165) is 13.8 Å². The summed E-state index contributed by atoms with van der Waals surface area (Å²) in [5, 5.41) is 36.8. The van der Waals surface area contributed by atoms with Crippen LogP contribution in [-0.4, -0.2) is 56.0 Å².